The number of aliphatic hydroxyl groups excluding tert-OH is 1. The van der Waals surface area contributed by atoms with Crippen molar-refractivity contribution in [3.63, 3.8) is 0 Å². The van der Waals surface area contributed by atoms with Crippen molar-refractivity contribution in [1.29, 1.82) is 0 Å². The molecule has 37 heavy (non-hydrogen) atoms. The van der Waals surface area contributed by atoms with E-state index in [1.165, 1.54) is 0 Å². The second kappa shape index (κ2) is 11.6. The average molecular weight is 521 g/mol. The molecule has 4 rings (SSSR count). The molecule has 3 aromatic carbocycles. The summed E-state index contributed by atoms with van der Waals surface area (Å²) in [6, 6.07) is 19.4. The first-order valence-electron chi connectivity index (χ1n) is 12.4. The lowest BCUT2D eigenvalue weighted by Crippen LogP contribution is -2.39. The standard InChI is InChI=1S/C29H32N2O5S/c1-3-15-36-28-14-11-21(20-9-12-24(13-10-20)37(34,35)4-2)17-26(28)29(33)31-23(19-32)16-22-18-30-27-8-6-5-7-25(22)27/h5-14,17-18,23,30,32H,3-4,15-16,19H2,1-2H3,(H,31,33). The van der Waals surface area contributed by atoms with Crippen LogP contribution < -0.4 is 10.1 Å². The second-order valence-electron chi connectivity index (χ2n) is 8.90. The van der Waals surface area contributed by atoms with Crippen molar-refractivity contribution in [2.45, 2.75) is 37.6 Å². The number of carbonyl (C=O) groups excluding carboxylic acids is 1. The molecule has 7 nitrogen and oxygen atoms in total. The molecule has 0 spiro atoms. The summed E-state index contributed by atoms with van der Waals surface area (Å²) in [5.41, 5.74) is 3.90. The molecule has 1 aromatic heterocycles. The van der Waals surface area contributed by atoms with Gasteiger partial charge >= 0.3 is 0 Å². The van der Waals surface area contributed by atoms with Gasteiger partial charge in [-0.2, -0.15) is 0 Å². The first-order chi connectivity index (χ1) is 17.9. The zero-order chi connectivity index (χ0) is 26.4. The van der Waals surface area contributed by atoms with Gasteiger partial charge in [0.2, 0.25) is 0 Å². The Kier molecular flexibility index (Phi) is 8.31. The summed E-state index contributed by atoms with van der Waals surface area (Å²) in [5.74, 6) is 0.138. The minimum atomic E-state index is -3.30. The molecule has 0 bridgehead atoms. The molecule has 4 aromatic rings. The minimum Gasteiger partial charge on any atom is -0.493 e. The molecule has 0 aliphatic rings. The second-order valence-corrected chi connectivity index (χ2v) is 11.2. The van der Waals surface area contributed by atoms with Gasteiger partial charge in [-0.15, -0.1) is 0 Å². The Hall–Kier alpha value is -3.62. The lowest BCUT2D eigenvalue weighted by molar-refractivity contribution is 0.0912. The van der Waals surface area contributed by atoms with Crippen LogP contribution in [0.15, 0.2) is 77.8 Å². The number of aliphatic hydroxyl groups is 1. The van der Waals surface area contributed by atoms with E-state index in [1.807, 2.05) is 43.5 Å². The number of hydrogen-bond acceptors (Lipinski definition) is 5. The molecule has 0 radical (unpaired) electrons. The van der Waals surface area contributed by atoms with Crippen molar-refractivity contribution in [1.82, 2.24) is 10.3 Å². The minimum absolute atomic E-state index is 0.0324. The molecule has 0 aliphatic heterocycles. The molecule has 1 amide bonds. The maximum absolute atomic E-state index is 13.4. The molecule has 8 heteroatoms. The van der Waals surface area contributed by atoms with Gasteiger partial charge in [-0.1, -0.05) is 50.2 Å². The monoisotopic (exact) mass is 520 g/mol. The van der Waals surface area contributed by atoms with Crippen LogP contribution in [-0.2, 0) is 16.3 Å². The van der Waals surface area contributed by atoms with Crippen LogP contribution in [0.25, 0.3) is 22.0 Å². The highest BCUT2D eigenvalue weighted by Crippen LogP contribution is 2.28. The van der Waals surface area contributed by atoms with Crippen molar-refractivity contribution < 1.29 is 23.1 Å². The number of hydrogen-bond donors (Lipinski definition) is 3. The molecule has 3 N–H and O–H groups in total. The molecule has 0 aliphatic carbocycles. The number of ether oxygens (including phenoxy) is 1. The Labute approximate surface area is 217 Å². The lowest BCUT2D eigenvalue weighted by Gasteiger charge is -2.18. The van der Waals surface area contributed by atoms with E-state index < -0.39 is 15.9 Å². The highest BCUT2D eigenvalue weighted by molar-refractivity contribution is 7.91. The fourth-order valence-electron chi connectivity index (χ4n) is 4.24. The number of H-pyrrole nitrogens is 1. The number of sulfone groups is 1. The van der Waals surface area contributed by atoms with Crippen molar-refractivity contribution >= 4 is 26.6 Å². The van der Waals surface area contributed by atoms with Gasteiger partial charge in [-0.3, -0.25) is 4.79 Å². The topological polar surface area (TPSA) is 108 Å². The zero-order valence-corrected chi connectivity index (χ0v) is 21.8. The maximum Gasteiger partial charge on any atom is 0.255 e. The Morgan fingerprint density at radius 1 is 1.03 bits per heavy atom. The first kappa shape index (κ1) is 26.4. The third-order valence-electron chi connectivity index (χ3n) is 6.31. The predicted octanol–water partition coefficient (Wildman–Crippen LogP) is 4.75. The normalized spacial score (nSPS) is 12.4. The van der Waals surface area contributed by atoms with Gasteiger partial charge in [0, 0.05) is 17.1 Å². The molecule has 1 unspecified atom stereocenters. The molecule has 0 saturated heterocycles. The number of benzene rings is 3. The largest absolute Gasteiger partial charge is 0.493 e. The van der Waals surface area contributed by atoms with E-state index in [0.717, 1.165) is 34.0 Å². The average Bonchev–Trinajstić information content (AvgIpc) is 3.34. The maximum atomic E-state index is 13.4. The fourth-order valence-corrected chi connectivity index (χ4v) is 5.12. The quantitative estimate of drug-likeness (QED) is 0.264. The number of aromatic amines is 1. The molecule has 1 heterocycles. The van der Waals surface area contributed by atoms with Crippen LogP contribution in [0, 0.1) is 0 Å². The predicted molar refractivity (Wildman–Crippen MR) is 146 cm³/mol. The molecule has 194 valence electrons. The number of para-hydroxylation sites is 1. The van der Waals surface area contributed by atoms with Gasteiger partial charge in [0.1, 0.15) is 5.75 Å². The van der Waals surface area contributed by atoms with Crippen LogP contribution in [0.5, 0.6) is 5.75 Å². The Morgan fingerprint density at radius 3 is 2.46 bits per heavy atom. The van der Waals surface area contributed by atoms with Gasteiger partial charge in [-0.25, -0.2) is 8.42 Å². The summed E-state index contributed by atoms with van der Waals surface area (Å²) in [5, 5.41) is 14.1. The lowest BCUT2D eigenvalue weighted by atomic mass is 10.0. The van der Waals surface area contributed by atoms with E-state index in [9.17, 15) is 18.3 Å². The Morgan fingerprint density at radius 2 is 1.76 bits per heavy atom. The van der Waals surface area contributed by atoms with Crippen LogP contribution in [0.3, 0.4) is 0 Å². The summed E-state index contributed by atoms with van der Waals surface area (Å²) in [4.78, 5) is 16.9. The number of fused-ring (bicyclic) bond motifs is 1. The number of carbonyl (C=O) groups is 1. The van der Waals surface area contributed by atoms with E-state index >= 15 is 0 Å². The smallest absolute Gasteiger partial charge is 0.255 e. The summed E-state index contributed by atoms with van der Waals surface area (Å²) < 4.78 is 30.2. The fraction of sp³-hybridized carbons (Fsp3) is 0.276. The SMILES string of the molecule is CCCOc1ccc(-c2ccc(S(=O)(=O)CC)cc2)cc1C(=O)NC(CO)Cc1c[nH]c2ccccc12. The molecule has 1 atom stereocenters. The van der Waals surface area contributed by atoms with Gasteiger partial charge in [0.15, 0.2) is 9.84 Å². The van der Waals surface area contributed by atoms with E-state index in [-0.39, 0.29) is 23.2 Å². The number of rotatable bonds is 11. The van der Waals surface area contributed by atoms with E-state index in [1.54, 1.807) is 43.3 Å². The summed E-state index contributed by atoms with van der Waals surface area (Å²) in [7, 11) is -3.30. The Balaban J connectivity index is 1.60. The van der Waals surface area contributed by atoms with Crippen molar-refractivity contribution in [2.24, 2.45) is 0 Å². The zero-order valence-electron chi connectivity index (χ0n) is 21.0. The Bertz CT molecular complexity index is 1480. The van der Waals surface area contributed by atoms with Crippen LogP contribution >= 0.6 is 0 Å². The number of nitrogens with one attached hydrogen (secondary N) is 2. The van der Waals surface area contributed by atoms with Crippen LogP contribution in [0.4, 0.5) is 0 Å². The van der Waals surface area contributed by atoms with Crippen molar-refractivity contribution in [3.05, 3.63) is 84.1 Å². The third-order valence-corrected chi connectivity index (χ3v) is 8.06. The molecular formula is C29H32N2O5S. The first-order valence-corrected chi connectivity index (χ1v) is 14.1. The highest BCUT2D eigenvalue weighted by atomic mass is 32.2. The van der Waals surface area contributed by atoms with Crippen LogP contribution in [-0.4, -0.2) is 49.4 Å². The van der Waals surface area contributed by atoms with Gasteiger partial charge < -0.3 is 20.1 Å². The highest BCUT2D eigenvalue weighted by Gasteiger charge is 2.20. The molecule has 0 fully saturated rings. The molecule has 0 saturated carbocycles. The van der Waals surface area contributed by atoms with Crippen LogP contribution in [0.1, 0.15) is 36.2 Å². The summed E-state index contributed by atoms with van der Waals surface area (Å²) in [6.45, 7) is 3.84. The van der Waals surface area contributed by atoms with Gasteiger partial charge in [0.05, 0.1) is 35.5 Å². The van der Waals surface area contributed by atoms with E-state index in [4.69, 9.17) is 4.74 Å². The van der Waals surface area contributed by atoms with E-state index in [2.05, 4.69) is 10.3 Å². The van der Waals surface area contributed by atoms with Gasteiger partial charge in [-0.05, 0) is 59.9 Å². The van der Waals surface area contributed by atoms with Crippen molar-refractivity contribution in [3.8, 4) is 16.9 Å². The summed E-state index contributed by atoms with van der Waals surface area (Å²) >= 11 is 0. The molecular weight excluding hydrogens is 488 g/mol. The van der Waals surface area contributed by atoms with E-state index in [0.29, 0.717) is 24.3 Å². The number of aromatic nitrogens is 1. The third kappa shape index (κ3) is 6.03. The number of amides is 1. The van der Waals surface area contributed by atoms with Crippen LogP contribution in [0.2, 0.25) is 0 Å². The van der Waals surface area contributed by atoms with Crippen molar-refractivity contribution in [2.75, 3.05) is 19.0 Å². The summed E-state index contributed by atoms with van der Waals surface area (Å²) in [6.07, 6.45) is 3.15. The van der Waals surface area contributed by atoms with Gasteiger partial charge in [0.25, 0.3) is 5.91 Å².